The molecule has 1 aliphatic heterocycles. The lowest BCUT2D eigenvalue weighted by molar-refractivity contribution is 0.516. The summed E-state index contributed by atoms with van der Waals surface area (Å²) in [6.45, 7) is 10.7. The van der Waals surface area contributed by atoms with E-state index in [0.29, 0.717) is 30.4 Å². The second-order valence-electron chi connectivity index (χ2n) is 7.93. The Balaban J connectivity index is 1.58. The Bertz CT molecular complexity index is 968. The van der Waals surface area contributed by atoms with E-state index < -0.39 is 0 Å². The molecular weight excluding hydrogens is 345 g/mol. The summed E-state index contributed by atoms with van der Waals surface area (Å²) in [7, 11) is 0. The van der Waals surface area contributed by atoms with E-state index in [1.807, 2.05) is 37.9 Å². The Morgan fingerprint density at radius 1 is 1.00 bits per heavy atom. The van der Waals surface area contributed by atoms with Crippen molar-refractivity contribution in [1.82, 2.24) is 24.9 Å². The molecule has 0 radical (unpaired) electrons. The molecule has 0 aromatic carbocycles. The van der Waals surface area contributed by atoms with Crippen molar-refractivity contribution in [3.05, 3.63) is 35.9 Å². The van der Waals surface area contributed by atoms with Crippen LogP contribution in [0.15, 0.2) is 18.6 Å². The number of H-pyrrole nitrogens is 1. The van der Waals surface area contributed by atoms with Gasteiger partial charge in [-0.1, -0.05) is 20.8 Å². The SMILES string of the molecule is Cc1nc(C(C)(C)C)nc(N2CCN(c3ncnc4[nH]ccc34)CC2)c1F. The minimum Gasteiger partial charge on any atom is -0.352 e. The van der Waals surface area contributed by atoms with Crippen LogP contribution in [-0.2, 0) is 5.41 Å². The molecule has 0 saturated carbocycles. The van der Waals surface area contributed by atoms with Gasteiger partial charge in [-0.25, -0.2) is 24.3 Å². The molecule has 1 N–H and O–H groups in total. The van der Waals surface area contributed by atoms with Gasteiger partial charge in [-0.3, -0.25) is 0 Å². The number of hydrogen-bond acceptors (Lipinski definition) is 6. The van der Waals surface area contributed by atoms with Crippen LogP contribution in [0.25, 0.3) is 11.0 Å². The van der Waals surface area contributed by atoms with Gasteiger partial charge in [-0.2, -0.15) is 0 Å². The van der Waals surface area contributed by atoms with Crippen LogP contribution in [0.2, 0.25) is 0 Å². The number of aromatic nitrogens is 5. The molecule has 142 valence electrons. The van der Waals surface area contributed by atoms with Gasteiger partial charge in [0.25, 0.3) is 0 Å². The first-order valence-corrected chi connectivity index (χ1v) is 9.17. The number of nitrogens with one attached hydrogen (secondary N) is 1. The van der Waals surface area contributed by atoms with E-state index in [2.05, 4.69) is 29.8 Å². The third kappa shape index (κ3) is 3.20. The minimum atomic E-state index is -0.327. The van der Waals surface area contributed by atoms with E-state index in [-0.39, 0.29) is 11.2 Å². The highest BCUT2D eigenvalue weighted by Gasteiger charge is 2.27. The molecule has 3 aromatic heterocycles. The number of fused-ring (bicyclic) bond motifs is 1. The predicted molar refractivity (Wildman–Crippen MR) is 104 cm³/mol. The van der Waals surface area contributed by atoms with Crippen LogP contribution in [0.5, 0.6) is 0 Å². The molecule has 0 aliphatic carbocycles. The molecule has 8 heteroatoms. The van der Waals surface area contributed by atoms with Crippen LogP contribution in [0.4, 0.5) is 16.0 Å². The standard InChI is InChI=1S/C19H24FN7/c1-12-14(20)17(25-18(24-12)19(2,3)4)27-9-7-26(8-10-27)16-13-5-6-21-15(13)22-11-23-16/h5-6,11H,7-10H2,1-4H3,(H,21,22,23). The second kappa shape index (κ2) is 6.44. The van der Waals surface area contributed by atoms with E-state index in [0.717, 1.165) is 29.9 Å². The highest BCUT2D eigenvalue weighted by molar-refractivity contribution is 5.87. The van der Waals surface area contributed by atoms with Crippen molar-refractivity contribution in [2.75, 3.05) is 36.0 Å². The molecule has 0 amide bonds. The first-order chi connectivity index (χ1) is 12.8. The summed E-state index contributed by atoms with van der Waals surface area (Å²) in [6.07, 6.45) is 3.44. The number of hydrogen-bond donors (Lipinski definition) is 1. The van der Waals surface area contributed by atoms with Crippen molar-refractivity contribution in [3.8, 4) is 0 Å². The predicted octanol–water partition coefficient (Wildman–Crippen LogP) is 2.82. The van der Waals surface area contributed by atoms with E-state index in [9.17, 15) is 4.39 Å². The van der Waals surface area contributed by atoms with Crippen molar-refractivity contribution in [1.29, 1.82) is 0 Å². The average molecular weight is 369 g/mol. The van der Waals surface area contributed by atoms with E-state index in [1.165, 1.54) is 0 Å². The smallest absolute Gasteiger partial charge is 0.186 e. The van der Waals surface area contributed by atoms with Gasteiger partial charge in [0.2, 0.25) is 0 Å². The normalized spacial score (nSPS) is 15.6. The van der Waals surface area contributed by atoms with Crippen LogP contribution < -0.4 is 9.80 Å². The van der Waals surface area contributed by atoms with E-state index in [4.69, 9.17) is 0 Å². The maximum absolute atomic E-state index is 14.7. The third-order valence-electron chi connectivity index (χ3n) is 4.88. The number of piperazine rings is 1. The van der Waals surface area contributed by atoms with Crippen LogP contribution in [-0.4, -0.2) is 51.1 Å². The van der Waals surface area contributed by atoms with E-state index >= 15 is 0 Å². The summed E-state index contributed by atoms with van der Waals surface area (Å²) in [6, 6.07) is 1.99. The maximum atomic E-state index is 14.7. The fraction of sp³-hybridized carbons (Fsp3) is 0.474. The zero-order valence-corrected chi connectivity index (χ0v) is 16.1. The van der Waals surface area contributed by atoms with Gasteiger partial charge in [-0.15, -0.1) is 0 Å². The van der Waals surface area contributed by atoms with Crippen LogP contribution >= 0.6 is 0 Å². The van der Waals surface area contributed by atoms with Crippen LogP contribution in [0, 0.1) is 12.7 Å². The minimum absolute atomic E-state index is 0.226. The topological polar surface area (TPSA) is 73.8 Å². The molecular formula is C19H24FN7. The van der Waals surface area contributed by atoms with Crippen molar-refractivity contribution in [2.45, 2.75) is 33.1 Å². The quantitative estimate of drug-likeness (QED) is 0.749. The largest absolute Gasteiger partial charge is 0.352 e. The van der Waals surface area contributed by atoms with Crippen molar-refractivity contribution in [3.63, 3.8) is 0 Å². The lowest BCUT2D eigenvalue weighted by Gasteiger charge is -2.36. The molecule has 1 fully saturated rings. The van der Waals surface area contributed by atoms with Crippen LogP contribution in [0.1, 0.15) is 32.3 Å². The first-order valence-electron chi connectivity index (χ1n) is 9.17. The zero-order chi connectivity index (χ0) is 19.2. The van der Waals surface area contributed by atoms with Gasteiger partial charge < -0.3 is 14.8 Å². The number of halogens is 1. The maximum Gasteiger partial charge on any atom is 0.186 e. The highest BCUT2D eigenvalue weighted by Crippen LogP contribution is 2.28. The van der Waals surface area contributed by atoms with Crippen LogP contribution in [0.3, 0.4) is 0 Å². The summed E-state index contributed by atoms with van der Waals surface area (Å²) in [5.74, 6) is 1.66. The number of aromatic amines is 1. The van der Waals surface area contributed by atoms with Crippen molar-refractivity contribution >= 4 is 22.7 Å². The van der Waals surface area contributed by atoms with Gasteiger partial charge >= 0.3 is 0 Å². The Kier molecular flexibility index (Phi) is 4.20. The Labute approximate surface area is 157 Å². The molecule has 27 heavy (non-hydrogen) atoms. The lowest BCUT2D eigenvalue weighted by atomic mass is 9.95. The highest BCUT2D eigenvalue weighted by atomic mass is 19.1. The molecule has 3 aromatic rings. The van der Waals surface area contributed by atoms with Crippen molar-refractivity contribution in [2.24, 2.45) is 0 Å². The van der Waals surface area contributed by atoms with Gasteiger partial charge in [0.1, 0.15) is 23.6 Å². The fourth-order valence-electron chi connectivity index (χ4n) is 3.33. The molecule has 0 spiro atoms. The molecule has 4 heterocycles. The third-order valence-corrected chi connectivity index (χ3v) is 4.88. The molecule has 1 aliphatic rings. The summed E-state index contributed by atoms with van der Waals surface area (Å²) >= 11 is 0. The number of aryl methyl sites for hydroxylation is 1. The monoisotopic (exact) mass is 369 g/mol. The second-order valence-corrected chi connectivity index (χ2v) is 7.93. The van der Waals surface area contributed by atoms with Gasteiger partial charge in [0, 0.05) is 37.8 Å². The first kappa shape index (κ1) is 17.6. The van der Waals surface area contributed by atoms with E-state index in [1.54, 1.807) is 13.3 Å². The summed E-state index contributed by atoms with van der Waals surface area (Å²) in [5, 5.41) is 1.00. The molecule has 7 nitrogen and oxygen atoms in total. The molecule has 0 atom stereocenters. The Morgan fingerprint density at radius 3 is 2.33 bits per heavy atom. The summed E-state index contributed by atoms with van der Waals surface area (Å²) in [5.41, 5.74) is 1.00. The number of anilines is 2. The molecule has 0 unspecified atom stereocenters. The van der Waals surface area contributed by atoms with Gasteiger partial charge in [0.15, 0.2) is 11.6 Å². The Hall–Kier alpha value is -2.77. The zero-order valence-electron chi connectivity index (χ0n) is 16.1. The van der Waals surface area contributed by atoms with Gasteiger partial charge in [-0.05, 0) is 13.0 Å². The Morgan fingerprint density at radius 2 is 1.67 bits per heavy atom. The summed E-state index contributed by atoms with van der Waals surface area (Å²) in [4.78, 5) is 24.9. The fourth-order valence-corrected chi connectivity index (χ4v) is 3.33. The molecule has 0 bridgehead atoms. The molecule has 4 rings (SSSR count). The molecule has 1 saturated heterocycles. The number of rotatable bonds is 2. The lowest BCUT2D eigenvalue weighted by Crippen LogP contribution is -2.47. The number of nitrogens with zero attached hydrogens (tertiary/aromatic N) is 6. The van der Waals surface area contributed by atoms with Crippen molar-refractivity contribution < 1.29 is 4.39 Å². The average Bonchev–Trinajstić information content (AvgIpc) is 3.12. The summed E-state index contributed by atoms with van der Waals surface area (Å²) < 4.78 is 14.7. The van der Waals surface area contributed by atoms with Gasteiger partial charge in [0.05, 0.1) is 11.1 Å².